The van der Waals surface area contributed by atoms with Crippen molar-refractivity contribution >= 4 is 5.91 Å². The summed E-state index contributed by atoms with van der Waals surface area (Å²) in [5, 5.41) is 0. The molecular formula is C17H28N2O2. The van der Waals surface area contributed by atoms with Crippen LogP contribution in [0.5, 0.6) is 5.75 Å². The molecule has 1 aromatic carbocycles. The standard InChI is InChI=1S/C17H28N2O2/c1-13(7-5-8-14(2)18)17(20)19(3)12-15-9-6-10-16(11-15)21-4/h6,9-11,13-14H,5,7-8,12,18H2,1-4H3. The zero-order valence-electron chi connectivity index (χ0n) is 13.6. The normalized spacial score (nSPS) is 13.6. The molecule has 2 unspecified atom stereocenters. The lowest BCUT2D eigenvalue weighted by Crippen LogP contribution is -2.31. The quantitative estimate of drug-likeness (QED) is 0.801. The van der Waals surface area contributed by atoms with E-state index in [1.807, 2.05) is 45.2 Å². The maximum absolute atomic E-state index is 12.3. The maximum Gasteiger partial charge on any atom is 0.225 e. The molecule has 1 aromatic rings. The van der Waals surface area contributed by atoms with E-state index in [0.29, 0.717) is 6.54 Å². The molecule has 0 aliphatic heterocycles. The van der Waals surface area contributed by atoms with E-state index in [4.69, 9.17) is 10.5 Å². The van der Waals surface area contributed by atoms with Crippen LogP contribution in [0.25, 0.3) is 0 Å². The maximum atomic E-state index is 12.3. The van der Waals surface area contributed by atoms with Gasteiger partial charge in [-0.25, -0.2) is 0 Å². The number of methoxy groups -OCH3 is 1. The van der Waals surface area contributed by atoms with Gasteiger partial charge in [0.2, 0.25) is 5.91 Å². The van der Waals surface area contributed by atoms with Crippen LogP contribution in [0.4, 0.5) is 0 Å². The van der Waals surface area contributed by atoms with Gasteiger partial charge in [0.25, 0.3) is 0 Å². The summed E-state index contributed by atoms with van der Waals surface area (Å²) in [6.45, 7) is 4.60. The van der Waals surface area contributed by atoms with Gasteiger partial charge in [0.15, 0.2) is 0 Å². The van der Waals surface area contributed by atoms with Crippen LogP contribution < -0.4 is 10.5 Å². The number of carbonyl (C=O) groups excluding carboxylic acids is 1. The number of hydrogen-bond acceptors (Lipinski definition) is 3. The van der Waals surface area contributed by atoms with Gasteiger partial charge in [-0.05, 0) is 37.5 Å². The topological polar surface area (TPSA) is 55.6 Å². The van der Waals surface area contributed by atoms with Gasteiger partial charge in [-0.15, -0.1) is 0 Å². The van der Waals surface area contributed by atoms with Gasteiger partial charge in [0.1, 0.15) is 5.75 Å². The number of carbonyl (C=O) groups is 1. The van der Waals surface area contributed by atoms with Crippen molar-refractivity contribution in [1.29, 1.82) is 0 Å². The summed E-state index contributed by atoms with van der Waals surface area (Å²) in [6, 6.07) is 8.03. The second-order valence-electron chi connectivity index (χ2n) is 5.86. The first-order chi connectivity index (χ1) is 9.93. The summed E-state index contributed by atoms with van der Waals surface area (Å²) in [5.41, 5.74) is 6.81. The first-order valence-corrected chi connectivity index (χ1v) is 7.57. The van der Waals surface area contributed by atoms with Gasteiger partial charge in [-0.2, -0.15) is 0 Å². The van der Waals surface area contributed by atoms with Gasteiger partial charge in [0, 0.05) is 25.6 Å². The molecule has 0 aliphatic rings. The smallest absolute Gasteiger partial charge is 0.225 e. The SMILES string of the molecule is COc1cccc(CN(C)C(=O)C(C)CCCC(C)N)c1. The molecule has 0 aromatic heterocycles. The molecule has 2 N–H and O–H groups in total. The van der Waals surface area contributed by atoms with Crippen LogP contribution in [0.15, 0.2) is 24.3 Å². The Kier molecular flexibility index (Phi) is 7.23. The van der Waals surface area contributed by atoms with Gasteiger partial charge >= 0.3 is 0 Å². The molecule has 0 fully saturated rings. The summed E-state index contributed by atoms with van der Waals surface area (Å²) in [7, 11) is 3.50. The molecule has 0 heterocycles. The van der Waals surface area contributed by atoms with Crippen molar-refractivity contribution in [1.82, 2.24) is 4.90 Å². The highest BCUT2D eigenvalue weighted by Gasteiger charge is 2.17. The molecule has 0 radical (unpaired) electrons. The van der Waals surface area contributed by atoms with Crippen LogP contribution in [0.3, 0.4) is 0 Å². The van der Waals surface area contributed by atoms with Crippen molar-refractivity contribution in [3.8, 4) is 5.75 Å². The minimum Gasteiger partial charge on any atom is -0.497 e. The molecule has 4 heteroatoms. The number of rotatable bonds is 8. The van der Waals surface area contributed by atoms with Crippen molar-refractivity contribution in [3.05, 3.63) is 29.8 Å². The van der Waals surface area contributed by atoms with E-state index < -0.39 is 0 Å². The third kappa shape index (κ3) is 6.17. The fourth-order valence-corrected chi connectivity index (χ4v) is 2.37. The lowest BCUT2D eigenvalue weighted by Gasteiger charge is -2.22. The third-order valence-corrected chi connectivity index (χ3v) is 3.65. The van der Waals surface area contributed by atoms with Crippen LogP contribution in [-0.2, 0) is 11.3 Å². The molecule has 1 amide bonds. The Hall–Kier alpha value is -1.55. The minimum atomic E-state index is 0.0411. The molecule has 0 saturated carbocycles. The van der Waals surface area contributed by atoms with Crippen molar-refractivity contribution < 1.29 is 9.53 Å². The van der Waals surface area contributed by atoms with Crippen molar-refractivity contribution in [2.75, 3.05) is 14.2 Å². The molecule has 21 heavy (non-hydrogen) atoms. The lowest BCUT2D eigenvalue weighted by molar-refractivity contribution is -0.134. The number of hydrogen-bond donors (Lipinski definition) is 1. The van der Waals surface area contributed by atoms with Gasteiger partial charge < -0.3 is 15.4 Å². The van der Waals surface area contributed by atoms with Gasteiger partial charge in [-0.3, -0.25) is 4.79 Å². The van der Waals surface area contributed by atoms with Crippen LogP contribution in [0, 0.1) is 5.92 Å². The summed E-state index contributed by atoms with van der Waals surface area (Å²) >= 11 is 0. The van der Waals surface area contributed by atoms with E-state index in [2.05, 4.69) is 0 Å². The Morgan fingerprint density at radius 1 is 1.33 bits per heavy atom. The highest BCUT2D eigenvalue weighted by atomic mass is 16.5. The average Bonchev–Trinajstić information content (AvgIpc) is 2.46. The molecule has 0 spiro atoms. The highest BCUT2D eigenvalue weighted by Crippen LogP contribution is 2.16. The summed E-state index contributed by atoms with van der Waals surface area (Å²) < 4.78 is 5.20. The number of nitrogens with two attached hydrogens (primary N) is 1. The Morgan fingerprint density at radius 2 is 2.05 bits per heavy atom. The molecule has 1 rings (SSSR count). The predicted molar refractivity (Wildman–Crippen MR) is 86.1 cm³/mol. The lowest BCUT2D eigenvalue weighted by atomic mass is 10.0. The molecule has 4 nitrogen and oxygen atoms in total. The predicted octanol–water partition coefficient (Wildman–Crippen LogP) is 2.81. The highest BCUT2D eigenvalue weighted by molar-refractivity contribution is 5.78. The third-order valence-electron chi connectivity index (χ3n) is 3.65. The van der Waals surface area contributed by atoms with E-state index in [1.165, 1.54) is 0 Å². The van der Waals surface area contributed by atoms with Crippen LogP contribution in [0.2, 0.25) is 0 Å². The second-order valence-corrected chi connectivity index (χ2v) is 5.86. The number of nitrogens with zero attached hydrogens (tertiary/aromatic N) is 1. The average molecular weight is 292 g/mol. The molecular weight excluding hydrogens is 264 g/mol. The molecule has 118 valence electrons. The van der Waals surface area contributed by atoms with E-state index in [1.54, 1.807) is 12.0 Å². The van der Waals surface area contributed by atoms with E-state index in [9.17, 15) is 4.79 Å². The number of ether oxygens (including phenoxy) is 1. The van der Waals surface area contributed by atoms with Crippen molar-refractivity contribution in [2.24, 2.45) is 11.7 Å². The first kappa shape index (κ1) is 17.5. The summed E-state index contributed by atoms with van der Waals surface area (Å²) in [6.07, 6.45) is 2.86. The Labute approximate surface area is 128 Å². The zero-order chi connectivity index (χ0) is 15.8. The van der Waals surface area contributed by atoms with Crippen LogP contribution >= 0.6 is 0 Å². The van der Waals surface area contributed by atoms with Gasteiger partial charge in [0.05, 0.1) is 7.11 Å². The molecule has 0 aliphatic carbocycles. The second kappa shape index (κ2) is 8.67. The minimum absolute atomic E-state index is 0.0411. The molecule has 2 atom stereocenters. The molecule has 0 saturated heterocycles. The number of benzene rings is 1. The van der Waals surface area contributed by atoms with E-state index in [0.717, 1.165) is 30.6 Å². The largest absolute Gasteiger partial charge is 0.497 e. The van der Waals surface area contributed by atoms with E-state index >= 15 is 0 Å². The molecule has 0 bridgehead atoms. The van der Waals surface area contributed by atoms with Gasteiger partial charge in [-0.1, -0.05) is 25.5 Å². The Balaban J connectivity index is 2.49. The van der Waals surface area contributed by atoms with E-state index in [-0.39, 0.29) is 17.9 Å². The first-order valence-electron chi connectivity index (χ1n) is 7.57. The van der Waals surface area contributed by atoms with Crippen molar-refractivity contribution in [2.45, 2.75) is 45.7 Å². The van der Waals surface area contributed by atoms with Crippen LogP contribution in [-0.4, -0.2) is 31.0 Å². The zero-order valence-corrected chi connectivity index (χ0v) is 13.6. The fraction of sp³-hybridized carbons (Fsp3) is 0.588. The Morgan fingerprint density at radius 3 is 2.67 bits per heavy atom. The summed E-state index contributed by atoms with van der Waals surface area (Å²) in [5.74, 6) is 1.04. The fourth-order valence-electron chi connectivity index (χ4n) is 2.37. The monoisotopic (exact) mass is 292 g/mol. The van der Waals surface area contributed by atoms with Crippen LogP contribution in [0.1, 0.15) is 38.7 Å². The summed E-state index contributed by atoms with van der Waals surface area (Å²) in [4.78, 5) is 14.1. The Bertz CT molecular complexity index is 446. The van der Waals surface area contributed by atoms with Crippen molar-refractivity contribution in [3.63, 3.8) is 0 Å². The number of amides is 1.